The Labute approximate surface area is 168 Å². The summed E-state index contributed by atoms with van der Waals surface area (Å²) in [6, 6.07) is 12.9. The number of likely N-dealkylation sites (tertiary alicyclic amines) is 1. The van der Waals surface area contributed by atoms with E-state index >= 15 is 0 Å². The van der Waals surface area contributed by atoms with Gasteiger partial charge in [-0.25, -0.2) is 4.39 Å². The third-order valence-electron chi connectivity index (χ3n) is 5.24. The van der Waals surface area contributed by atoms with Crippen LogP contribution in [0.25, 0.3) is 0 Å². The van der Waals surface area contributed by atoms with E-state index in [1.54, 1.807) is 4.90 Å². The summed E-state index contributed by atoms with van der Waals surface area (Å²) in [4.78, 5) is 26.9. The van der Waals surface area contributed by atoms with Gasteiger partial charge in [-0.05, 0) is 49.2 Å². The maximum Gasteiger partial charge on any atom is 0.253 e. The van der Waals surface area contributed by atoms with Crippen molar-refractivity contribution < 1.29 is 23.5 Å². The lowest BCUT2D eigenvalue weighted by atomic mass is 9.96. The first-order valence-electron chi connectivity index (χ1n) is 9.81. The molecule has 2 aromatic carbocycles. The zero-order valence-corrected chi connectivity index (χ0v) is 16.0. The molecule has 2 heterocycles. The molecule has 2 aliphatic heterocycles. The molecule has 2 aliphatic rings. The monoisotopic (exact) mass is 398 g/mol. The van der Waals surface area contributed by atoms with Crippen LogP contribution in [0.2, 0.25) is 0 Å². The third-order valence-corrected chi connectivity index (χ3v) is 5.24. The molecule has 2 atom stereocenters. The molecule has 7 heteroatoms. The van der Waals surface area contributed by atoms with E-state index in [1.807, 2.05) is 24.3 Å². The number of carbonyl (C=O) groups excluding carboxylic acids is 2. The first kappa shape index (κ1) is 19.2. The fourth-order valence-electron chi connectivity index (χ4n) is 3.67. The maximum absolute atomic E-state index is 13.1. The van der Waals surface area contributed by atoms with Crippen LogP contribution in [0.4, 0.5) is 4.39 Å². The minimum Gasteiger partial charge on any atom is -0.486 e. The molecule has 1 N–H and O–H groups in total. The van der Waals surface area contributed by atoms with E-state index in [2.05, 4.69) is 5.32 Å². The second-order valence-corrected chi connectivity index (χ2v) is 7.34. The quantitative estimate of drug-likeness (QED) is 0.860. The predicted molar refractivity (Wildman–Crippen MR) is 104 cm³/mol. The summed E-state index contributed by atoms with van der Waals surface area (Å²) in [6.45, 7) is 1.66. The lowest BCUT2D eigenvalue weighted by Crippen LogP contribution is -2.48. The molecule has 2 aromatic rings. The highest BCUT2D eigenvalue weighted by Crippen LogP contribution is 2.30. The molecule has 0 bridgehead atoms. The van der Waals surface area contributed by atoms with Gasteiger partial charge in [-0.1, -0.05) is 12.1 Å². The molecule has 0 radical (unpaired) electrons. The molecule has 2 amide bonds. The van der Waals surface area contributed by atoms with Crippen molar-refractivity contribution in [1.29, 1.82) is 0 Å². The number of nitrogens with zero attached hydrogens (tertiary/aromatic N) is 1. The number of halogens is 1. The Morgan fingerprint density at radius 2 is 1.86 bits per heavy atom. The number of carbonyl (C=O) groups is 2. The highest BCUT2D eigenvalue weighted by Gasteiger charge is 2.30. The molecule has 152 valence electrons. The summed E-state index contributed by atoms with van der Waals surface area (Å²) in [5.41, 5.74) is 0.430. The number of fused-ring (bicyclic) bond motifs is 1. The number of para-hydroxylation sites is 2. The molecular weight excluding hydrogens is 375 g/mol. The van der Waals surface area contributed by atoms with Crippen molar-refractivity contribution in [3.8, 4) is 11.5 Å². The topological polar surface area (TPSA) is 67.9 Å². The number of nitrogens with one attached hydrogen (secondary N) is 1. The van der Waals surface area contributed by atoms with Crippen LogP contribution in [-0.4, -0.2) is 49.1 Å². The van der Waals surface area contributed by atoms with Crippen molar-refractivity contribution >= 4 is 11.8 Å². The van der Waals surface area contributed by atoms with Gasteiger partial charge in [0.25, 0.3) is 5.91 Å². The van der Waals surface area contributed by atoms with Crippen LogP contribution >= 0.6 is 0 Å². The summed E-state index contributed by atoms with van der Waals surface area (Å²) in [5, 5.41) is 2.93. The average Bonchev–Trinajstić information content (AvgIpc) is 2.77. The van der Waals surface area contributed by atoms with Crippen LogP contribution in [-0.2, 0) is 4.79 Å². The Kier molecular flexibility index (Phi) is 5.64. The lowest BCUT2D eigenvalue weighted by Gasteiger charge is -2.33. The van der Waals surface area contributed by atoms with Gasteiger partial charge in [0.1, 0.15) is 18.5 Å². The fraction of sp³-hybridized carbons (Fsp3) is 0.364. The first-order chi connectivity index (χ1) is 14.1. The molecule has 1 fully saturated rings. The Bertz CT molecular complexity index is 887. The number of rotatable bonds is 4. The van der Waals surface area contributed by atoms with Gasteiger partial charge in [-0.15, -0.1) is 0 Å². The van der Waals surface area contributed by atoms with E-state index in [4.69, 9.17) is 9.47 Å². The van der Waals surface area contributed by atoms with E-state index in [0.717, 1.165) is 12.8 Å². The van der Waals surface area contributed by atoms with Crippen LogP contribution in [0.3, 0.4) is 0 Å². The van der Waals surface area contributed by atoms with Gasteiger partial charge < -0.3 is 19.7 Å². The van der Waals surface area contributed by atoms with Crippen LogP contribution in [0.15, 0.2) is 48.5 Å². The van der Waals surface area contributed by atoms with Gasteiger partial charge in [0.05, 0.1) is 12.5 Å². The molecule has 2 unspecified atom stereocenters. The fourth-order valence-corrected chi connectivity index (χ4v) is 3.67. The van der Waals surface area contributed by atoms with Gasteiger partial charge in [0.15, 0.2) is 11.5 Å². The zero-order valence-electron chi connectivity index (χ0n) is 16.0. The Morgan fingerprint density at radius 1 is 1.10 bits per heavy atom. The van der Waals surface area contributed by atoms with Crippen molar-refractivity contribution in [3.05, 3.63) is 59.9 Å². The normalized spacial score (nSPS) is 20.8. The predicted octanol–water partition coefficient (Wildman–Crippen LogP) is 2.63. The van der Waals surface area contributed by atoms with Crippen molar-refractivity contribution in [1.82, 2.24) is 10.2 Å². The summed E-state index contributed by atoms with van der Waals surface area (Å²) in [7, 11) is 0. The maximum atomic E-state index is 13.1. The summed E-state index contributed by atoms with van der Waals surface area (Å²) >= 11 is 0. The van der Waals surface area contributed by atoms with E-state index in [-0.39, 0.29) is 29.7 Å². The molecule has 0 saturated carbocycles. The second kappa shape index (κ2) is 8.51. The SMILES string of the molecule is O=C(NCC1COc2ccccc2O1)C1CCCN(C(=O)c2ccc(F)cc2)C1. The molecule has 6 nitrogen and oxygen atoms in total. The average molecular weight is 398 g/mol. The molecule has 1 saturated heterocycles. The molecule has 4 rings (SSSR count). The minimum atomic E-state index is -0.381. The Morgan fingerprint density at radius 3 is 2.66 bits per heavy atom. The minimum absolute atomic E-state index is 0.0935. The number of piperidine rings is 1. The third kappa shape index (κ3) is 4.50. The molecule has 0 aromatic heterocycles. The number of amides is 2. The van der Waals surface area contributed by atoms with Crippen molar-refractivity contribution in [3.63, 3.8) is 0 Å². The summed E-state index contributed by atoms with van der Waals surface area (Å²) in [6.07, 6.45) is 1.22. The van der Waals surface area contributed by atoms with Crippen LogP contribution in [0.1, 0.15) is 23.2 Å². The highest BCUT2D eigenvalue weighted by atomic mass is 19.1. The van der Waals surface area contributed by atoms with Crippen molar-refractivity contribution in [2.75, 3.05) is 26.2 Å². The highest BCUT2D eigenvalue weighted by molar-refractivity contribution is 5.94. The zero-order chi connectivity index (χ0) is 20.2. The number of hydrogen-bond donors (Lipinski definition) is 1. The smallest absolute Gasteiger partial charge is 0.253 e. The van der Waals surface area contributed by atoms with Gasteiger partial charge in [0, 0.05) is 18.7 Å². The van der Waals surface area contributed by atoms with Gasteiger partial charge in [-0.2, -0.15) is 0 Å². The van der Waals surface area contributed by atoms with Gasteiger partial charge >= 0.3 is 0 Å². The second-order valence-electron chi connectivity index (χ2n) is 7.34. The van der Waals surface area contributed by atoms with E-state index in [1.165, 1.54) is 24.3 Å². The van der Waals surface area contributed by atoms with E-state index in [0.29, 0.717) is 43.3 Å². The number of benzene rings is 2. The molecule has 29 heavy (non-hydrogen) atoms. The summed E-state index contributed by atoms with van der Waals surface area (Å²) < 4.78 is 24.6. The standard InChI is InChI=1S/C22H23FN2O4/c23-17-9-7-15(8-10-17)22(27)25-11-3-4-16(13-25)21(26)24-12-18-14-28-19-5-1-2-6-20(19)29-18/h1-2,5-10,16,18H,3-4,11-14H2,(H,24,26). The van der Waals surface area contributed by atoms with Gasteiger partial charge in [-0.3, -0.25) is 9.59 Å². The van der Waals surface area contributed by atoms with Crippen molar-refractivity contribution in [2.24, 2.45) is 5.92 Å². The first-order valence-corrected chi connectivity index (χ1v) is 9.81. The number of ether oxygens (including phenoxy) is 2. The van der Waals surface area contributed by atoms with Crippen LogP contribution < -0.4 is 14.8 Å². The lowest BCUT2D eigenvalue weighted by molar-refractivity contribution is -0.126. The molecule has 0 aliphatic carbocycles. The van der Waals surface area contributed by atoms with E-state index in [9.17, 15) is 14.0 Å². The summed E-state index contributed by atoms with van der Waals surface area (Å²) in [5.74, 6) is 0.454. The van der Waals surface area contributed by atoms with Crippen molar-refractivity contribution in [2.45, 2.75) is 18.9 Å². The Balaban J connectivity index is 1.30. The number of hydrogen-bond acceptors (Lipinski definition) is 4. The van der Waals surface area contributed by atoms with E-state index < -0.39 is 0 Å². The molecule has 0 spiro atoms. The van der Waals surface area contributed by atoms with Gasteiger partial charge in [0.2, 0.25) is 5.91 Å². The Hall–Kier alpha value is -3.09. The molecular formula is C22H23FN2O4. The van der Waals surface area contributed by atoms with Crippen LogP contribution in [0, 0.1) is 11.7 Å². The van der Waals surface area contributed by atoms with Crippen LogP contribution in [0.5, 0.6) is 11.5 Å². The largest absolute Gasteiger partial charge is 0.486 e.